The van der Waals surface area contributed by atoms with Crippen molar-refractivity contribution in [3.63, 3.8) is 0 Å². The van der Waals surface area contributed by atoms with Crippen LogP contribution >= 0.6 is 0 Å². The maximum atomic E-state index is 10.1. The Kier molecular flexibility index (Phi) is 12.4. The SMILES string of the molecule is CC.Cc1ccc(Cc2ccccc2/C([NH-])=C\CC(C)C)c(O)c1.[K+]. The third-order valence-electron chi connectivity index (χ3n) is 3.72. The van der Waals surface area contributed by atoms with E-state index in [9.17, 15) is 5.11 Å². The number of aromatic hydroxyl groups is 1. The minimum atomic E-state index is 0. The number of benzene rings is 2. The van der Waals surface area contributed by atoms with Gasteiger partial charge in [-0.1, -0.05) is 70.2 Å². The maximum Gasteiger partial charge on any atom is 1.00 e. The molecule has 0 atom stereocenters. The molecular weight excluding hydrogens is 333 g/mol. The summed E-state index contributed by atoms with van der Waals surface area (Å²) in [6, 6.07) is 13.7. The van der Waals surface area contributed by atoms with Crippen molar-refractivity contribution >= 4 is 5.70 Å². The molecule has 0 spiro atoms. The Balaban J connectivity index is 0.00000185. The molecule has 0 unspecified atom stereocenters. The molecule has 0 amide bonds. The zero-order valence-corrected chi connectivity index (χ0v) is 19.7. The van der Waals surface area contributed by atoms with E-state index in [2.05, 4.69) is 13.8 Å². The first-order chi connectivity index (χ1) is 11.5. The largest absolute Gasteiger partial charge is 1.00 e. The second-order valence-electron chi connectivity index (χ2n) is 6.21. The third kappa shape index (κ3) is 8.10. The molecule has 0 aliphatic rings. The van der Waals surface area contributed by atoms with Gasteiger partial charge < -0.3 is 10.8 Å². The van der Waals surface area contributed by atoms with Crippen molar-refractivity contribution in [1.82, 2.24) is 0 Å². The topological polar surface area (TPSA) is 44.0 Å². The van der Waals surface area contributed by atoms with E-state index in [0.29, 0.717) is 23.8 Å². The van der Waals surface area contributed by atoms with Crippen molar-refractivity contribution in [3.05, 3.63) is 76.5 Å². The standard InChI is InChI=1S/C20H24NO.C2H6.K/c1-14(2)8-11-19(21)18-7-5-4-6-16(18)13-17-10-9-15(3)12-20(17)22;1-2;/h4-7,9-12,14,21-22H,8,13H2,1-3H3;1-2H3;/q-1;;+1/b19-11+;;. The summed E-state index contributed by atoms with van der Waals surface area (Å²) in [7, 11) is 0. The molecule has 2 N–H and O–H groups in total. The van der Waals surface area contributed by atoms with Gasteiger partial charge in [0.05, 0.1) is 0 Å². The van der Waals surface area contributed by atoms with Gasteiger partial charge in [0.2, 0.25) is 0 Å². The summed E-state index contributed by atoms with van der Waals surface area (Å²) >= 11 is 0. The summed E-state index contributed by atoms with van der Waals surface area (Å²) in [5.41, 5.74) is 12.8. The Hall–Kier alpha value is -0.584. The molecule has 0 aromatic heterocycles. The van der Waals surface area contributed by atoms with Crippen molar-refractivity contribution in [2.24, 2.45) is 5.92 Å². The smallest absolute Gasteiger partial charge is 0.698 e. The Morgan fingerprint density at radius 3 is 2.32 bits per heavy atom. The minimum Gasteiger partial charge on any atom is -0.698 e. The van der Waals surface area contributed by atoms with Crippen LogP contribution in [0.3, 0.4) is 0 Å². The first-order valence-corrected chi connectivity index (χ1v) is 8.76. The van der Waals surface area contributed by atoms with Crippen LogP contribution in [-0.4, -0.2) is 5.11 Å². The second-order valence-corrected chi connectivity index (χ2v) is 6.21. The van der Waals surface area contributed by atoms with Crippen molar-refractivity contribution in [2.45, 2.75) is 47.5 Å². The molecule has 0 heterocycles. The molecule has 0 radical (unpaired) electrons. The Labute approximate surface area is 196 Å². The Morgan fingerprint density at radius 2 is 1.72 bits per heavy atom. The number of aryl methyl sites for hydroxylation is 1. The fourth-order valence-electron chi connectivity index (χ4n) is 2.43. The predicted molar refractivity (Wildman–Crippen MR) is 105 cm³/mol. The number of phenolic OH excluding ortho intramolecular Hbond substituents is 1. The first kappa shape index (κ1) is 24.4. The number of phenols is 1. The van der Waals surface area contributed by atoms with Crippen LogP contribution in [-0.2, 0) is 6.42 Å². The van der Waals surface area contributed by atoms with E-state index in [0.717, 1.165) is 28.7 Å². The van der Waals surface area contributed by atoms with Crippen LogP contribution in [0, 0.1) is 12.8 Å². The van der Waals surface area contributed by atoms with E-state index < -0.39 is 0 Å². The van der Waals surface area contributed by atoms with Crippen molar-refractivity contribution in [1.29, 1.82) is 0 Å². The summed E-state index contributed by atoms with van der Waals surface area (Å²) < 4.78 is 0. The Morgan fingerprint density at radius 1 is 1.08 bits per heavy atom. The van der Waals surface area contributed by atoms with Crippen molar-refractivity contribution in [2.75, 3.05) is 0 Å². The normalized spacial score (nSPS) is 10.7. The molecule has 2 rings (SSSR count). The number of allylic oxidation sites excluding steroid dienone is 1. The molecule has 25 heavy (non-hydrogen) atoms. The van der Waals surface area contributed by atoms with Crippen LogP contribution in [0.25, 0.3) is 11.4 Å². The molecule has 0 saturated heterocycles. The number of hydrogen-bond donors (Lipinski definition) is 1. The number of hydrogen-bond acceptors (Lipinski definition) is 1. The minimum absolute atomic E-state index is 0. The van der Waals surface area contributed by atoms with E-state index in [1.165, 1.54) is 0 Å². The fraction of sp³-hybridized carbons (Fsp3) is 0.364. The van der Waals surface area contributed by atoms with Gasteiger partial charge in [0.15, 0.2) is 0 Å². The summed E-state index contributed by atoms with van der Waals surface area (Å²) in [4.78, 5) is 0. The average molecular weight is 364 g/mol. The molecule has 130 valence electrons. The van der Waals surface area contributed by atoms with Gasteiger partial charge in [-0.3, -0.25) is 0 Å². The molecule has 0 aliphatic heterocycles. The van der Waals surface area contributed by atoms with Crippen LogP contribution in [0.1, 0.15) is 56.4 Å². The van der Waals surface area contributed by atoms with Gasteiger partial charge in [-0.2, -0.15) is 0 Å². The second kappa shape index (κ2) is 12.7. The monoisotopic (exact) mass is 363 g/mol. The summed E-state index contributed by atoms with van der Waals surface area (Å²) in [5.74, 6) is 0.876. The van der Waals surface area contributed by atoms with Crippen LogP contribution in [0.15, 0.2) is 48.5 Å². The Bertz CT molecular complexity index is 677. The quantitative estimate of drug-likeness (QED) is 0.808. The van der Waals surface area contributed by atoms with Crippen LogP contribution in [0.4, 0.5) is 0 Å². The molecule has 0 bridgehead atoms. The van der Waals surface area contributed by atoms with E-state index in [1.54, 1.807) is 6.07 Å². The molecular formula is C22H30KNO. The van der Waals surface area contributed by atoms with Gasteiger partial charge in [-0.15, -0.1) is 5.70 Å². The summed E-state index contributed by atoms with van der Waals surface area (Å²) in [6.45, 7) is 10.3. The molecule has 2 aromatic carbocycles. The predicted octanol–water partition coefficient (Wildman–Crippen LogP) is 3.76. The zero-order chi connectivity index (χ0) is 18.1. The van der Waals surface area contributed by atoms with E-state index in [-0.39, 0.29) is 51.4 Å². The molecule has 0 fully saturated rings. The summed E-state index contributed by atoms with van der Waals surface area (Å²) in [6.07, 6.45) is 3.53. The van der Waals surface area contributed by atoms with Gasteiger partial charge in [0, 0.05) is 6.42 Å². The fourth-order valence-corrected chi connectivity index (χ4v) is 2.43. The number of rotatable bonds is 5. The van der Waals surface area contributed by atoms with Gasteiger partial charge in [-0.05, 0) is 47.6 Å². The maximum absolute atomic E-state index is 10.1. The van der Waals surface area contributed by atoms with Crippen LogP contribution < -0.4 is 51.4 Å². The van der Waals surface area contributed by atoms with Crippen molar-refractivity contribution in [3.8, 4) is 5.75 Å². The van der Waals surface area contributed by atoms with Gasteiger partial charge in [0.1, 0.15) is 5.75 Å². The van der Waals surface area contributed by atoms with Crippen molar-refractivity contribution < 1.29 is 56.5 Å². The number of nitrogens with one attached hydrogen (secondary N) is 1. The molecule has 3 heteroatoms. The first-order valence-electron chi connectivity index (χ1n) is 8.76. The van der Waals surface area contributed by atoms with E-state index >= 15 is 0 Å². The zero-order valence-electron chi connectivity index (χ0n) is 16.6. The summed E-state index contributed by atoms with van der Waals surface area (Å²) in [5, 5.41) is 10.1. The average Bonchev–Trinajstić information content (AvgIpc) is 2.57. The van der Waals surface area contributed by atoms with E-state index in [4.69, 9.17) is 5.73 Å². The molecule has 2 aromatic rings. The van der Waals surface area contributed by atoms with Crippen LogP contribution in [0.2, 0.25) is 0 Å². The third-order valence-corrected chi connectivity index (χ3v) is 3.72. The van der Waals surface area contributed by atoms with Gasteiger partial charge >= 0.3 is 51.4 Å². The van der Waals surface area contributed by atoms with Crippen LogP contribution in [0.5, 0.6) is 5.75 Å². The molecule has 2 nitrogen and oxygen atoms in total. The molecule has 0 aliphatic carbocycles. The van der Waals surface area contributed by atoms with Gasteiger partial charge in [0.25, 0.3) is 0 Å². The molecule has 0 saturated carbocycles. The van der Waals surface area contributed by atoms with Gasteiger partial charge in [-0.25, -0.2) is 0 Å². The van der Waals surface area contributed by atoms with E-state index in [1.807, 2.05) is 63.2 Å².